The first kappa shape index (κ1) is 42.3. The van der Waals surface area contributed by atoms with Crippen molar-refractivity contribution in [3.05, 3.63) is 0 Å². The molecule has 1 amide bonds. The van der Waals surface area contributed by atoms with E-state index in [0.717, 1.165) is 32.5 Å². The summed E-state index contributed by atoms with van der Waals surface area (Å²) >= 11 is 0. The van der Waals surface area contributed by atoms with Crippen LogP contribution in [0.1, 0.15) is 200 Å². The van der Waals surface area contributed by atoms with Crippen LogP contribution in [0.15, 0.2) is 0 Å². The highest BCUT2D eigenvalue weighted by molar-refractivity contribution is 5.45. The Kier molecular flexibility index (Phi) is 37.0. The van der Waals surface area contributed by atoms with Crippen LogP contribution in [0.25, 0.3) is 0 Å². The maximum absolute atomic E-state index is 10.7. The van der Waals surface area contributed by atoms with E-state index < -0.39 is 0 Å². The molecular formula is C38H78N2O3. The van der Waals surface area contributed by atoms with Crippen molar-refractivity contribution in [1.29, 1.82) is 0 Å². The first-order valence-electron chi connectivity index (χ1n) is 19.4. The van der Waals surface area contributed by atoms with Gasteiger partial charge >= 0.3 is 0 Å². The van der Waals surface area contributed by atoms with E-state index in [1.165, 1.54) is 173 Å². The van der Waals surface area contributed by atoms with E-state index in [0.29, 0.717) is 19.2 Å². The van der Waals surface area contributed by atoms with Gasteiger partial charge in [-0.15, -0.1) is 0 Å². The van der Waals surface area contributed by atoms with Crippen LogP contribution in [-0.4, -0.2) is 44.9 Å². The van der Waals surface area contributed by atoms with Gasteiger partial charge in [0.1, 0.15) is 0 Å². The molecule has 1 aliphatic rings. The Morgan fingerprint density at radius 3 is 1.37 bits per heavy atom. The second kappa shape index (κ2) is 37.5. The number of rotatable bonds is 32. The van der Waals surface area contributed by atoms with Gasteiger partial charge in [-0.05, 0) is 25.7 Å². The zero-order valence-electron chi connectivity index (χ0n) is 29.4. The summed E-state index contributed by atoms with van der Waals surface area (Å²) in [6.45, 7) is 7.25. The minimum Gasteiger partial charge on any atom is -0.379 e. The normalized spacial score (nSPS) is 14.3. The highest BCUT2D eigenvalue weighted by Crippen LogP contribution is 2.15. The maximum Gasteiger partial charge on any atom is 0.207 e. The fourth-order valence-corrected chi connectivity index (χ4v) is 5.93. The van der Waals surface area contributed by atoms with E-state index in [2.05, 4.69) is 19.2 Å². The Morgan fingerprint density at radius 2 is 1.00 bits per heavy atom. The molecule has 5 heteroatoms. The van der Waals surface area contributed by atoms with Crippen LogP contribution in [0.3, 0.4) is 0 Å². The molecule has 3 N–H and O–H groups in total. The number of nitrogens with one attached hydrogen (secondary N) is 1. The largest absolute Gasteiger partial charge is 0.379 e. The summed E-state index contributed by atoms with van der Waals surface area (Å²) in [6, 6.07) is 0.536. The van der Waals surface area contributed by atoms with Crippen molar-refractivity contribution in [2.45, 2.75) is 212 Å². The second-order valence-electron chi connectivity index (χ2n) is 13.3. The van der Waals surface area contributed by atoms with Gasteiger partial charge in [-0.25, -0.2) is 0 Å². The smallest absolute Gasteiger partial charge is 0.207 e. The predicted molar refractivity (Wildman–Crippen MR) is 188 cm³/mol. The van der Waals surface area contributed by atoms with Gasteiger partial charge in [0.2, 0.25) is 6.41 Å². The first-order valence-corrected chi connectivity index (χ1v) is 19.4. The number of unbranched alkanes of at least 4 members (excludes halogenated alkanes) is 22. The van der Waals surface area contributed by atoms with E-state index in [1.807, 2.05) is 0 Å². The molecule has 0 aromatic rings. The third-order valence-corrected chi connectivity index (χ3v) is 8.88. The summed E-state index contributed by atoms with van der Waals surface area (Å²) in [5.41, 5.74) is 5.63. The monoisotopic (exact) mass is 611 g/mol. The van der Waals surface area contributed by atoms with Crippen molar-refractivity contribution in [2.75, 3.05) is 26.4 Å². The van der Waals surface area contributed by atoms with Crippen molar-refractivity contribution in [1.82, 2.24) is 5.32 Å². The van der Waals surface area contributed by atoms with E-state index in [9.17, 15) is 4.79 Å². The average Bonchev–Trinajstić information content (AvgIpc) is 3.02. The third kappa shape index (κ3) is 35.7. The van der Waals surface area contributed by atoms with Gasteiger partial charge in [0, 0.05) is 25.8 Å². The highest BCUT2D eigenvalue weighted by Gasteiger charge is 2.09. The van der Waals surface area contributed by atoms with Gasteiger partial charge in [0.15, 0.2) is 0 Å². The van der Waals surface area contributed by atoms with Crippen LogP contribution >= 0.6 is 0 Å². The van der Waals surface area contributed by atoms with E-state index >= 15 is 0 Å². The van der Waals surface area contributed by atoms with Crippen LogP contribution in [0.5, 0.6) is 0 Å². The summed E-state index contributed by atoms with van der Waals surface area (Å²) in [7, 11) is 0. The number of carbonyl (C=O) groups excluding carboxylic acids is 1. The van der Waals surface area contributed by atoms with Gasteiger partial charge in [-0.3, -0.25) is 4.79 Å². The summed E-state index contributed by atoms with van der Waals surface area (Å²) in [5, 5.41) is 2.76. The van der Waals surface area contributed by atoms with E-state index in [-0.39, 0.29) is 6.10 Å². The zero-order chi connectivity index (χ0) is 31.3. The molecule has 0 saturated heterocycles. The fraction of sp³-hybridized carbons (Fsp3) is 0.974. The standard InChI is InChI=1S/C32H65NO3.C6H13N/c1-3-5-7-9-11-13-15-17-19-21-23-25-27-35-30-32(29-33-31-34)36-28-26-24-22-20-18-16-14-12-10-8-6-4-2;7-6-4-2-1-3-5-6/h31-32H,3-30H2,1-2H3,(H,33,34);6H,1-5,7H2. The Hall–Kier alpha value is -0.650. The van der Waals surface area contributed by atoms with Crippen molar-refractivity contribution in [3.8, 4) is 0 Å². The average molecular weight is 611 g/mol. The number of ether oxygens (including phenoxy) is 2. The van der Waals surface area contributed by atoms with Gasteiger partial charge in [0.25, 0.3) is 0 Å². The third-order valence-electron chi connectivity index (χ3n) is 8.88. The molecule has 0 heterocycles. The molecule has 0 aliphatic heterocycles. The first-order chi connectivity index (χ1) is 21.2. The second-order valence-corrected chi connectivity index (χ2v) is 13.3. The van der Waals surface area contributed by atoms with Crippen LogP contribution in [0.4, 0.5) is 0 Å². The SMILES string of the molecule is CCCCCCCCCCCCCCOCC(CNC=O)OCCCCCCCCCCCCCC.NC1CCCCC1. The summed E-state index contributed by atoms with van der Waals surface area (Å²) in [5.74, 6) is 0. The van der Waals surface area contributed by atoms with Crippen LogP contribution < -0.4 is 11.1 Å². The molecule has 0 aromatic heterocycles. The van der Waals surface area contributed by atoms with Crippen LogP contribution in [0.2, 0.25) is 0 Å². The zero-order valence-corrected chi connectivity index (χ0v) is 29.4. The minimum atomic E-state index is -0.0276. The van der Waals surface area contributed by atoms with E-state index in [4.69, 9.17) is 15.2 Å². The maximum atomic E-state index is 10.7. The molecule has 1 fully saturated rings. The fourth-order valence-electron chi connectivity index (χ4n) is 5.93. The Morgan fingerprint density at radius 1 is 0.605 bits per heavy atom. The highest BCUT2D eigenvalue weighted by atomic mass is 16.5. The summed E-state index contributed by atoms with van der Waals surface area (Å²) in [6.07, 6.45) is 39.9. The van der Waals surface area contributed by atoms with Gasteiger partial charge in [-0.2, -0.15) is 0 Å². The van der Waals surface area contributed by atoms with Crippen molar-refractivity contribution in [3.63, 3.8) is 0 Å². The lowest BCUT2D eigenvalue weighted by atomic mass is 9.97. The molecule has 0 spiro atoms. The number of nitrogens with two attached hydrogens (primary N) is 1. The molecule has 43 heavy (non-hydrogen) atoms. The molecule has 1 rings (SSSR count). The van der Waals surface area contributed by atoms with Gasteiger partial charge in [0.05, 0.1) is 12.7 Å². The molecule has 1 atom stereocenters. The summed E-state index contributed by atoms with van der Waals surface area (Å²) < 4.78 is 11.9. The van der Waals surface area contributed by atoms with Gasteiger partial charge in [-0.1, -0.05) is 174 Å². The quantitative estimate of drug-likeness (QED) is 0.0587. The molecule has 1 saturated carbocycles. The molecule has 5 nitrogen and oxygen atoms in total. The lowest BCUT2D eigenvalue weighted by Crippen LogP contribution is -2.32. The Bertz CT molecular complexity index is 513. The number of carbonyl (C=O) groups is 1. The molecular weight excluding hydrogens is 532 g/mol. The topological polar surface area (TPSA) is 73.6 Å². The van der Waals surface area contributed by atoms with Crippen molar-refractivity contribution >= 4 is 6.41 Å². The predicted octanol–water partition coefficient (Wildman–Crippen LogP) is 10.8. The molecule has 258 valence electrons. The molecule has 0 bridgehead atoms. The molecule has 1 unspecified atom stereocenters. The molecule has 0 radical (unpaired) electrons. The minimum absolute atomic E-state index is 0.0276. The molecule has 0 aromatic carbocycles. The van der Waals surface area contributed by atoms with Crippen LogP contribution in [-0.2, 0) is 14.3 Å². The molecule has 1 aliphatic carbocycles. The Balaban J connectivity index is 0.00000218. The summed E-state index contributed by atoms with van der Waals surface area (Å²) in [4.78, 5) is 10.7. The van der Waals surface area contributed by atoms with Gasteiger partial charge < -0.3 is 20.5 Å². The van der Waals surface area contributed by atoms with Crippen molar-refractivity contribution in [2.24, 2.45) is 5.73 Å². The number of hydrogen-bond donors (Lipinski definition) is 2. The number of amides is 1. The lowest BCUT2D eigenvalue weighted by molar-refractivity contribution is -0.110. The van der Waals surface area contributed by atoms with Crippen molar-refractivity contribution < 1.29 is 14.3 Å². The van der Waals surface area contributed by atoms with E-state index in [1.54, 1.807) is 0 Å². The van der Waals surface area contributed by atoms with Crippen LogP contribution in [0, 0.1) is 0 Å². The Labute approximate surface area is 270 Å². The lowest BCUT2D eigenvalue weighted by Gasteiger charge is -2.17. The number of hydrogen-bond acceptors (Lipinski definition) is 4.